The van der Waals surface area contributed by atoms with Crippen molar-refractivity contribution >= 4 is 17.6 Å². The molecule has 212 valence electrons. The third-order valence-electron chi connectivity index (χ3n) is 10.1. The summed E-state index contributed by atoms with van der Waals surface area (Å²) in [6, 6.07) is 4.29. The van der Waals surface area contributed by atoms with Crippen molar-refractivity contribution in [3.05, 3.63) is 47.8 Å². The van der Waals surface area contributed by atoms with Gasteiger partial charge in [-0.25, -0.2) is 9.59 Å². The van der Waals surface area contributed by atoms with Gasteiger partial charge in [-0.2, -0.15) is 5.48 Å². The summed E-state index contributed by atoms with van der Waals surface area (Å²) in [7, 11) is 0. The number of amides is 1. The molecular formula is C32H45N3O4. The van der Waals surface area contributed by atoms with Crippen molar-refractivity contribution in [3.63, 3.8) is 0 Å². The van der Waals surface area contributed by atoms with Gasteiger partial charge in [-0.1, -0.05) is 37.6 Å². The van der Waals surface area contributed by atoms with Crippen molar-refractivity contribution in [2.75, 3.05) is 13.1 Å². The number of rotatable bonds is 6. The Balaban J connectivity index is 1.15. The van der Waals surface area contributed by atoms with Crippen LogP contribution in [0.3, 0.4) is 0 Å². The molecule has 7 heteroatoms. The van der Waals surface area contributed by atoms with Crippen LogP contribution in [0.5, 0.6) is 0 Å². The third-order valence-corrected chi connectivity index (χ3v) is 10.1. The molecule has 1 amide bonds. The summed E-state index contributed by atoms with van der Waals surface area (Å²) in [6.45, 7) is 10.7. The lowest BCUT2D eigenvalue weighted by molar-refractivity contribution is -0.150. The number of hydrogen-bond acceptors (Lipinski definition) is 6. The number of alkyl carbamates (subject to hydrolysis) is 1. The summed E-state index contributed by atoms with van der Waals surface area (Å²) in [5, 5.41) is 2.43. The number of ether oxygens (including phenoxy) is 1. The standard InChI is InChI=1S/C32H45N3O4/c1-30(2,3)38-29(37)34-20-28(36)39-35-18-21-12-14-31(4)23(17-21)8-9-24-26-11-10-25(22-7-6-16-33-19-22)32(26,5)15-13-27(24)31/h6-7,10,16-17,19,21,24,26-27,35H,8-9,11-15,18,20H2,1-5H3,(H,34,37)/t21?,24-,26+,27+,31+,32-/m1/s1. The second kappa shape index (κ2) is 10.7. The van der Waals surface area contributed by atoms with Crippen molar-refractivity contribution in [1.82, 2.24) is 15.8 Å². The average Bonchev–Trinajstić information content (AvgIpc) is 3.24. The van der Waals surface area contributed by atoms with E-state index in [1.54, 1.807) is 26.3 Å². The van der Waals surface area contributed by atoms with Gasteiger partial charge in [-0.3, -0.25) is 4.98 Å². The van der Waals surface area contributed by atoms with Gasteiger partial charge in [0.2, 0.25) is 0 Å². The molecule has 4 aliphatic rings. The second-order valence-electron chi connectivity index (χ2n) is 13.6. The van der Waals surface area contributed by atoms with E-state index < -0.39 is 17.7 Å². The van der Waals surface area contributed by atoms with E-state index in [-0.39, 0.29) is 17.4 Å². The van der Waals surface area contributed by atoms with Crippen molar-refractivity contribution in [3.8, 4) is 0 Å². The molecule has 0 aliphatic heterocycles. The monoisotopic (exact) mass is 535 g/mol. The Morgan fingerprint density at radius 1 is 1.10 bits per heavy atom. The first-order chi connectivity index (χ1) is 18.5. The number of pyridine rings is 1. The predicted octanol–water partition coefficient (Wildman–Crippen LogP) is 6.23. The van der Waals surface area contributed by atoms with E-state index in [0.29, 0.717) is 12.5 Å². The first kappa shape index (κ1) is 27.9. The summed E-state index contributed by atoms with van der Waals surface area (Å²) >= 11 is 0. The van der Waals surface area contributed by atoms with Crippen LogP contribution in [0.2, 0.25) is 0 Å². The molecule has 1 unspecified atom stereocenters. The molecule has 1 aromatic rings. The van der Waals surface area contributed by atoms with Gasteiger partial charge in [0.25, 0.3) is 0 Å². The smallest absolute Gasteiger partial charge is 0.408 e. The Morgan fingerprint density at radius 2 is 1.90 bits per heavy atom. The number of aromatic nitrogens is 1. The van der Waals surface area contributed by atoms with Gasteiger partial charge in [0.1, 0.15) is 12.1 Å². The van der Waals surface area contributed by atoms with Crippen LogP contribution in [0, 0.1) is 34.5 Å². The van der Waals surface area contributed by atoms with Gasteiger partial charge in [-0.05, 0) is 117 Å². The summed E-state index contributed by atoms with van der Waals surface area (Å²) in [5.74, 6) is 2.04. The number of nitrogens with zero attached hydrogens (tertiary/aromatic N) is 1. The lowest BCUT2D eigenvalue weighted by Crippen LogP contribution is -2.50. The minimum Gasteiger partial charge on any atom is -0.444 e. The molecule has 2 fully saturated rings. The first-order valence-electron chi connectivity index (χ1n) is 14.7. The largest absolute Gasteiger partial charge is 0.444 e. The average molecular weight is 536 g/mol. The van der Waals surface area contributed by atoms with Crippen LogP contribution >= 0.6 is 0 Å². The Hall–Kier alpha value is -2.67. The molecule has 0 bridgehead atoms. The number of carbonyl (C=O) groups excluding carboxylic acids is 2. The molecule has 1 heterocycles. The topological polar surface area (TPSA) is 89.5 Å². The van der Waals surface area contributed by atoms with Gasteiger partial charge >= 0.3 is 12.1 Å². The maximum absolute atomic E-state index is 12.0. The molecule has 6 atom stereocenters. The Morgan fingerprint density at radius 3 is 2.64 bits per heavy atom. The van der Waals surface area contributed by atoms with Gasteiger partial charge in [-0.15, -0.1) is 0 Å². The van der Waals surface area contributed by atoms with Crippen molar-refractivity contribution in [1.29, 1.82) is 0 Å². The molecule has 0 radical (unpaired) electrons. The summed E-state index contributed by atoms with van der Waals surface area (Å²) in [6.07, 6.45) is 16.7. The fraction of sp³-hybridized carbons (Fsp3) is 0.656. The van der Waals surface area contributed by atoms with Crippen LogP contribution in [-0.4, -0.2) is 35.7 Å². The molecule has 0 spiro atoms. The number of hydrogen-bond donors (Lipinski definition) is 2. The van der Waals surface area contributed by atoms with E-state index in [9.17, 15) is 9.59 Å². The number of nitrogens with one attached hydrogen (secondary N) is 2. The second-order valence-corrected chi connectivity index (χ2v) is 13.6. The van der Waals surface area contributed by atoms with Gasteiger partial charge < -0.3 is 14.9 Å². The molecule has 0 saturated heterocycles. The summed E-state index contributed by atoms with van der Waals surface area (Å²) in [4.78, 5) is 33.4. The molecule has 39 heavy (non-hydrogen) atoms. The SMILES string of the molecule is CC(C)(C)OC(=O)NCC(=O)ONCC1C=C2CC[C@H]3[C@H](CC[C@]4(C)C(c5cccnc5)=CC[C@@H]34)[C@@]2(C)CC1. The number of allylic oxidation sites excluding steroid dienone is 3. The van der Waals surface area contributed by atoms with Crippen LogP contribution in [0.25, 0.3) is 5.57 Å². The van der Waals surface area contributed by atoms with E-state index >= 15 is 0 Å². The van der Waals surface area contributed by atoms with Crippen molar-refractivity contribution in [2.45, 2.75) is 85.2 Å². The minimum absolute atomic E-state index is 0.230. The summed E-state index contributed by atoms with van der Waals surface area (Å²) in [5.41, 5.74) is 7.21. The van der Waals surface area contributed by atoms with Crippen molar-refractivity contribution < 1.29 is 19.2 Å². The molecule has 5 rings (SSSR count). The lowest BCUT2D eigenvalue weighted by Gasteiger charge is -2.58. The highest BCUT2D eigenvalue weighted by atomic mass is 16.7. The van der Waals surface area contributed by atoms with E-state index in [4.69, 9.17) is 9.57 Å². The van der Waals surface area contributed by atoms with E-state index in [2.05, 4.69) is 53.9 Å². The zero-order valence-electron chi connectivity index (χ0n) is 24.2. The van der Waals surface area contributed by atoms with E-state index in [1.807, 2.05) is 12.4 Å². The highest BCUT2D eigenvalue weighted by molar-refractivity contribution is 5.77. The van der Waals surface area contributed by atoms with Crippen LogP contribution in [0.4, 0.5) is 4.79 Å². The number of hydroxylamine groups is 1. The molecule has 1 aromatic heterocycles. The van der Waals surface area contributed by atoms with E-state index in [0.717, 1.165) is 24.2 Å². The number of fused-ring (bicyclic) bond motifs is 5. The van der Waals surface area contributed by atoms with Gasteiger partial charge in [0.05, 0.1) is 0 Å². The molecular weight excluding hydrogens is 490 g/mol. The normalized spacial score (nSPS) is 33.6. The van der Waals surface area contributed by atoms with E-state index in [1.165, 1.54) is 49.7 Å². The molecule has 7 nitrogen and oxygen atoms in total. The quantitative estimate of drug-likeness (QED) is 0.332. The zero-order valence-corrected chi connectivity index (χ0v) is 24.2. The Kier molecular flexibility index (Phi) is 7.66. The zero-order chi connectivity index (χ0) is 27.8. The van der Waals surface area contributed by atoms with Gasteiger partial charge in [0, 0.05) is 18.9 Å². The lowest BCUT2D eigenvalue weighted by atomic mass is 9.46. The van der Waals surface area contributed by atoms with Crippen LogP contribution in [-0.2, 0) is 14.4 Å². The summed E-state index contributed by atoms with van der Waals surface area (Å²) < 4.78 is 5.15. The van der Waals surface area contributed by atoms with Crippen LogP contribution in [0.15, 0.2) is 42.3 Å². The Labute approximate surface area is 233 Å². The molecule has 2 saturated carbocycles. The fourth-order valence-electron chi connectivity index (χ4n) is 8.22. The maximum atomic E-state index is 12.0. The highest BCUT2D eigenvalue weighted by Gasteiger charge is 2.57. The molecule has 2 N–H and O–H groups in total. The van der Waals surface area contributed by atoms with Crippen LogP contribution < -0.4 is 10.8 Å². The maximum Gasteiger partial charge on any atom is 0.408 e. The third kappa shape index (κ3) is 5.65. The highest BCUT2D eigenvalue weighted by Crippen LogP contribution is 2.66. The van der Waals surface area contributed by atoms with Crippen molar-refractivity contribution in [2.24, 2.45) is 34.5 Å². The Bertz CT molecular complexity index is 1140. The molecule has 0 aromatic carbocycles. The molecule has 4 aliphatic carbocycles. The predicted molar refractivity (Wildman–Crippen MR) is 151 cm³/mol. The van der Waals surface area contributed by atoms with Gasteiger partial charge in [0.15, 0.2) is 0 Å². The fourth-order valence-corrected chi connectivity index (χ4v) is 8.22. The first-order valence-corrected chi connectivity index (χ1v) is 14.7. The minimum atomic E-state index is -0.629. The van der Waals surface area contributed by atoms with Crippen LogP contribution in [0.1, 0.15) is 85.1 Å². The number of carbonyl (C=O) groups is 2.